The van der Waals surface area contributed by atoms with Gasteiger partial charge in [0, 0.05) is 17.2 Å². The van der Waals surface area contributed by atoms with Gasteiger partial charge in [-0.3, -0.25) is 24.6 Å². The molecule has 0 bridgehead atoms. The standard InChI is InChI=1S/C22H20BrN3O5S/c1-12-4-6-14(7-5-12)24-19(27)11-31-18-10-16(23)13(9-17(18)30-3)8-15-20(28)25-22(32)26(2)21(15)29/h4-10H,11H2,1-3H3,(H,24,27)(H,25,28,32)/b15-8+. The molecule has 8 nitrogen and oxygen atoms in total. The first-order chi connectivity index (χ1) is 15.2. The zero-order valence-corrected chi connectivity index (χ0v) is 19.9. The van der Waals surface area contributed by atoms with E-state index in [1.54, 1.807) is 24.3 Å². The fraction of sp³-hybridized carbons (Fsp3) is 0.182. The summed E-state index contributed by atoms with van der Waals surface area (Å²) in [5.41, 5.74) is 2.19. The van der Waals surface area contributed by atoms with E-state index >= 15 is 0 Å². The Bertz CT molecular complexity index is 1130. The van der Waals surface area contributed by atoms with Gasteiger partial charge >= 0.3 is 0 Å². The van der Waals surface area contributed by atoms with Gasteiger partial charge in [-0.2, -0.15) is 0 Å². The van der Waals surface area contributed by atoms with Gasteiger partial charge < -0.3 is 14.8 Å². The molecular formula is C22H20BrN3O5S. The number of benzene rings is 2. The minimum absolute atomic E-state index is 0.0430. The first kappa shape index (κ1) is 23.4. The van der Waals surface area contributed by atoms with Gasteiger partial charge in [0.1, 0.15) is 5.57 Å². The lowest BCUT2D eigenvalue weighted by atomic mass is 10.1. The van der Waals surface area contributed by atoms with Gasteiger partial charge in [-0.05, 0) is 55.0 Å². The Morgan fingerprint density at radius 1 is 1.22 bits per heavy atom. The van der Waals surface area contributed by atoms with Crippen molar-refractivity contribution in [3.8, 4) is 11.5 Å². The number of carbonyl (C=O) groups excluding carboxylic acids is 3. The van der Waals surface area contributed by atoms with Crippen LogP contribution in [0.5, 0.6) is 11.5 Å². The Morgan fingerprint density at radius 2 is 1.91 bits per heavy atom. The molecule has 166 valence electrons. The third kappa shape index (κ3) is 5.32. The van der Waals surface area contributed by atoms with Crippen LogP contribution in [0.4, 0.5) is 5.69 Å². The highest BCUT2D eigenvalue weighted by Crippen LogP contribution is 2.35. The highest BCUT2D eigenvalue weighted by molar-refractivity contribution is 9.10. The van der Waals surface area contributed by atoms with Crippen molar-refractivity contribution in [3.63, 3.8) is 0 Å². The molecule has 0 spiro atoms. The molecule has 1 aliphatic heterocycles. The summed E-state index contributed by atoms with van der Waals surface area (Å²) in [6.45, 7) is 1.72. The van der Waals surface area contributed by atoms with Crippen molar-refractivity contribution in [2.75, 3.05) is 26.1 Å². The van der Waals surface area contributed by atoms with Gasteiger partial charge in [0.05, 0.1) is 7.11 Å². The van der Waals surface area contributed by atoms with Crippen LogP contribution in [-0.4, -0.2) is 48.5 Å². The average Bonchev–Trinajstić information content (AvgIpc) is 2.76. The van der Waals surface area contributed by atoms with E-state index in [2.05, 4.69) is 26.6 Å². The SMILES string of the molecule is COc1cc(/C=C2\C(=O)NC(=S)N(C)C2=O)c(Br)cc1OCC(=O)Nc1ccc(C)cc1. The van der Waals surface area contributed by atoms with E-state index in [9.17, 15) is 14.4 Å². The average molecular weight is 518 g/mol. The first-order valence-electron chi connectivity index (χ1n) is 9.41. The van der Waals surface area contributed by atoms with Crippen molar-refractivity contribution in [2.45, 2.75) is 6.92 Å². The van der Waals surface area contributed by atoms with E-state index in [1.165, 1.54) is 25.1 Å². The van der Waals surface area contributed by atoms with Gasteiger partial charge in [0.25, 0.3) is 17.7 Å². The summed E-state index contributed by atoms with van der Waals surface area (Å²) in [6.07, 6.45) is 1.43. The predicted octanol–water partition coefficient (Wildman–Crippen LogP) is 3.04. The molecule has 0 unspecified atom stereocenters. The Hall–Kier alpha value is -3.24. The molecule has 1 saturated heterocycles. The third-order valence-electron chi connectivity index (χ3n) is 4.58. The number of aryl methyl sites for hydroxylation is 1. The largest absolute Gasteiger partial charge is 0.493 e. The maximum absolute atomic E-state index is 12.4. The van der Waals surface area contributed by atoms with Gasteiger partial charge in [0.2, 0.25) is 0 Å². The number of carbonyl (C=O) groups is 3. The van der Waals surface area contributed by atoms with Crippen molar-refractivity contribution in [2.24, 2.45) is 0 Å². The number of halogens is 1. The second-order valence-corrected chi connectivity index (χ2v) is 8.15. The number of anilines is 1. The number of hydrogen-bond donors (Lipinski definition) is 2. The molecule has 2 aromatic rings. The zero-order chi connectivity index (χ0) is 23.4. The maximum atomic E-state index is 12.4. The molecule has 0 aliphatic carbocycles. The summed E-state index contributed by atoms with van der Waals surface area (Å²) in [6, 6.07) is 10.6. The molecule has 3 amide bonds. The highest BCUT2D eigenvalue weighted by atomic mass is 79.9. The van der Waals surface area contributed by atoms with Crippen LogP contribution in [0.3, 0.4) is 0 Å². The molecule has 2 aromatic carbocycles. The molecule has 1 aliphatic rings. The molecule has 2 N–H and O–H groups in total. The molecule has 32 heavy (non-hydrogen) atoms. The van der Waals surface area contributed by atoms with Crippen molar-refractivity contribution in [3.05, 3.63) is 57.6 Å². The number of amides is 3. The van der Waals surface area contributed by atoms with E-state index in [0.29, 0.717) is 27.2 Å². The molecule has 3 rings (SSSR count). The molecule has 1 heterocycles. The normalized spacial score (nSPS) is 14.9. The molecular weight excluding hydrogens is 498 g/mol. The fourth-order valence-electron chi connectivity index (χ4n) is 2.81. The molecule has 10 heteroatoms. The van der Waals surface area contributed by atoms with Crippen LogP contribution in [0.25, 0.3) is 6.08 Å². The number of rotatable bonds is 6. The van der Waals surface area contributed by atoms with Crippen LogP contribution in [0.2, 0.25) is 0 Å². The smallest absolute Gasteiger partial charge is 0.265 e. The molecule has 1 fully saturated rings. The van der Waals surface area contributed by atoms with Crippen molar-refractivity contribution < 1.29 is 23.9 Å². The lowest BCUT2D eigenvalue weighted by molar-refractivity contribution is -0.128. The van der Waals surface area contributed by atoms with Crippen molar-refractivity contribution in [1.29, 1.82) is 0 Å². The van der Waals surface area contributed by atoms with Crippen LogP contribution in [0.15, 0.2) is 46.4 Å². The molecule has 0 radical (unpaired) electrons. The minimum atomic E-state index is -0.586. The lowest BCUT2D eigenvalue weighted by Gasteiger charge is -2.25. The summed E-state index contributed by atoms with van der Waals surface area (Å²) < 4.78 is 11.5. The van der Waals surface area contributed by atoms with Crippen LogP contribution in [0.1, 0.15) is 11.1 Å². The number of nitrogens with one attached hydrogen (secondary N) is 2. The van der Waals surface area contributed by atoms with Gasteiger partial charge in [-0.15, -0.1) is 0 Å². The summed E-state index contributed by atoms with van der Waals surface area (Å²) >= 11 is 8.36. The number of nitrogens with zero attached hydrogens (tertiary/aromatic N) is 1. The quantitative estimate of drug-likeness (QED) is 0.347. The van der Waals surface area contributed by atoms with Crippen molar-refractivity contribution >= 4 is 62.7 Å². The summed E-state index contributed by atoms with van der Waals surface area (Å²) in [5, 5.41) is 5.25. The van der Waals surface area contributed by atoms with Gasteiger partial charge in [-0.1, -0.05) is 33.6 Å². The van der Waals surface area contributed by atoms with Crippen LogP contribution < -0.4 is 20.1 Å². The Labute approximate surface area is 198 Å². The van der Waals surface area contributed by atoms with E-state index < -0.39 is 11.8 Å². The van der Waals surface area contributed by atoms with Gasteiger partial charge in [0.15, 0.2) is 23.2 Å². The zero-order valence-electron chi connectivity index (χ0n) is 17.5. The van der Waals surface area contributed by atoms with E-state index in [-0.39, 0.29) is 23.2 Å². The summed E-state index contributed by atoms with van der Waals surface area (Å²) in [7, 11) is 2.93. The highest BCUT2D eigenvalue weighted by Gasteiger charge is 2.31. The summed E-state index contributed by atoms with van der Waals surface area (Å²) in [4.78, 5) is 38.0. The lowest BCUT2D eigenvalue weighted by Crippen LogP contribution is -2.52. The maximum Gasteiger partial charge on any atom is 0.265 e. The first-order valence-corrected chi connectivity index (χ1v) is 10.6. The molecule has 0 atom stereocenters. The predicted molar refractivity (Wildman–Crippen MR) is 127 cm³/mol. The van der Waals surface area contributed by atoms with E-state index in [1.807, 2.05) is 19.1 Å². The fourth-order valence-corrected chi connectivity index (χ4v) is 3.42. The topological polar surface area (TPSA) is 97.0 Å². The van der Waals surface area contributed by atoms with E-state index in [4.69, 9.17) is 21.7 Å². The molecule has 0 saturated carbocycles. The van der Waals surface area contributed by atoms with Crippen LogP contribution in [-0.2, 0) is 14.4 Å². The Balaban J connectivity index is 1.77. The third-order valence-corrected chi connectivity index (χ3v) is 5.64. The van der Waals surface area contributed by atoms with Crippen LogP contribution in [0, 0.1) is 6.92 Å². The Kier molecular flexibility index (Phi) is 7.26. The van der Waals surface area contributed by atoms with Crippen LogP contribution >= 0.6 is 28.1 Å². The number of ether oxygens (including phenoxy) is 2. The van der Waals surface area contributed by atoms with E-state index in [0.717, 1.165) is 5.56 Å². The second-order valence-electron chi connectivity index (χ2n) is 6.91. The van der Waals surface area contributed by atoms with Gasteiger partial charge in [-0.25, -0.2) is 0 Å². The summed E-state index contributed by atoms with van der Waals surface area (Å²) in [5.74, 6) is -0.787. The molecule has 0 aromatic heterocycles. The number of likely N-dealkylation sites (N-methyl/N-ethyl adjacent to an activating group) is 1. The number of methoxy groups -OCH3 is 1. The monoisotopic (exact) mass is 517 g/mol. The number of hydrogen-bond acceptors (Lipinski definition) is 6. The minimum Gasteiger partial charge on any atom is -0.493 e. The Morgan fingerprint density at radius 3 is 2.56 bits per heavy atom. The van der Waals surface area contributed by atoms with Crippen molar-refractivity contribution in [1.82, 2.24) is 10.2 Å². The number of thiocarbonyl (C=S) groups is 1. The second kappa shape index (κ2) is 9.92.